The zero-order valence-electron chi connectivity index (χ0n) is 26.4. The lowest BCUT2D eigenvalue weighted by Crippen LogP contribution is -2.46. The topological polar surface area (TPSA) is 65.0 Å². The van der Waals surface area contributed by atoms with E-state index in [9.17, 15) is 9.90 Å². The number of anilines is 1. The molecule has 1 fully saturated rings. The summed E-state index contributed by atoms with van der Waals surface area (Å²) in [5.74, 6) is 0. The van der Waals surface area contributed by atoms with Crippen LogP contribution in [-0.2, 0) is 4.74 Å². The Morgan fingerprint density at radius 2 is 1.47 bits per heavy atom. The van der Waals surface area contributed by atoms with Crippen molar-refractivity contribution >= 4 is 11.8 Å². The number of hydrogen-bond acceptors (Lipinski definition) is 5. The van der Waals surface area contributed by atoms with E-state index in [0.717, 1.165) is 61.4 Å². The SMILES string of the molecule is C[C@@H]([C@@H](O)c1ccccc1)N(C)CCCCCCCCN1CCC(C)(OC(=O)Nc2ccccc2-c2ccccc2)CC1. The van der Waals surface area contributed by atoms with Crippen LogP contribution in [-0.4, -0.2) is 65.9 Å². The fourth-order valence-electron chi connectivity index (χ4n) is 5.95. The number of piperidine rings is 1. The first-order valence-corrected chi connectivity index (χ1v) is 16.1. The molecule has 3 aromatic rings. The van der Waals surface area contributed by atoms with Crippen LogP contribution < -0.4 is 5.32 Å². The molecule has 1 amide bonds. The van der Waals surface area contributed by atoms with E-state index in [1.165, 1.54) is 38.5 Å². The molecule has 1 saturated heterocycles. The number of rotatable bonds is 15. The molecule has 0 bridgehead atoms. The summed E-state index contributed by atoms with van der Waals surface area (Å²) in [5.41, 5.74) is 3.36. The fraction of sp³-hybridized carbons (Fsp3) is 0.486. The minimum absolute atomic E-state index is 0.102. The Balaban J connectivity index is 1.06. The highest BCUT2D eigenvalue weighted by molar-refractivity contribution is 5.91. The molecule has 6 heteroatoms. The number of carbonyl (C=O) groups is 1. The Labute approximate surface area is 259 Å². The molecule has 0 aliphatic carbocycles. The van der Waals surface area contributed by atoms with Crippen LogP contribution in [0.3, 0.4) is 0 Å². The second-order valence-corrected chi connectivity index (χ2v) is 12.4. The molecular weight excluding hydrogens is 534 g/mol. The van der Waals surface area contributed by atoms with Gasteiger partial charge in [0.05, 0.1) is 11.8 Å². The number of nitrogens with one attached hydrogen (secondary N) is 1. The van der Waals surface area contributed by atoms with Gasteiger partial charge in [0.1, 0.15) is 5.60 Å². The van der Waals surface area contributed by atoms with Crippen LogP contribution in [0.4, 0.5) is 10.5 Å². The average Bonchev–Trinajstić information content (AvgIpc) is 3.03. The number of hydrogen-bond donors (Lipinski definition) is 2. The Morgan fingerprint density at radius 1 is 0.884 bits per heavy atom. The van der Waals surface area contributed by atoms with E-state index in [1.807, 2.05) is 84.9 Å². The van der Waals surface area contributed by atoms with Crippen LogP contribution in [0, 0.1) is 0 Å². The lowest BCUT2D eigenvalue weighted by atomic mass is 9.93. The third-order valence-electron chi connectivity index (χ3n) is 9.03. The van der Waals surface area contributed by atoms with E-state index in [1.54, 1.807) is 0 Å². The first-order chi connectivity index (χ1) is 20.8. The molecule has 0 saturated carbocycles. The largest absolute Gasteiger partial charge is 0.443 e. The number of ether oxygens (including phenoxy) is 1. The zero-order chi connectivity index (χ0) is 30.5. The number of para-hydroxylation sites is 1. The first-order valence-electron chi connectivity index (χ1n) is 16.1. The highest BCUT2D eigenvalue weighted by atomic mass is 16.6. The van der Waals surface area contributed by atoms with Gasteiger partial charge in [-0.15, -0.1) is 0 Å². The number of likely N-dealkylation sites (N-methyl/N-ethyl adjacent to an activating group) is 1. The van der Waals surface area contributed by atoms with E-state index in [-0.39, 0.29) is 12.1 Å². The minimum atomic E-state index is -0.454. The van der Waals surface area contributed by atoms with Crippen molar-refractivity contribution in [3.63, 3.8) is 0 Å². The third-order valence-corrected chi connectivity index (χ3v) is 9.03. The quantitative estimate of drug-likeness (QED) is 0.176. The molecule has 1 heterocycles. The smallest absolute Gasteiger partial charge is 0.412 e. The molecule has 43 heavy (non-hydrogen) atoms. The summed E-state index contributed by atoms with van der Waals surface area (Å²) < 4.78 is 5.98. The molecule has 0 aromatic heterocycles. The molecule has 232 valence electrons. The highest BCUT2D eigenvalue weighted by Crippen LogP contribution is 2.30. The van der Waals surface area contributed by atoms with Gasteiger partial charge in [0.2, 0.25) is 0 Å². The summed E-state index contributed by atoms with van der Waals surface area (Å²) in [6.45, 7) is 8.22. The van der Waals surface area contributed by atoms with Crippen molar-refractivity contribution in [1.82, 2.24) is 9.80 Å². The summed E-state index contributed by atoms with van der Waals surface area (Å²) in [5, 5.41) is 13.7. The van der Waals surface area contributed by atoms with Gasteiger partial charge in [-0.25, -0.2) is 4.79 Å². The Morgan fingerprint density at radius 3 is 2.16 bits per heavy atom. The normalized spacial score (nSPS) is 16.5. The van der Waals surface area contributed by atoms with Crippen LogP contribution in [0.5, 0.6) is 0 Å². The zero-order valence-corrected chi connectivity index (χ0v) is 26.4. The summed E-state index contributed by atoms with van der Waals surface area (Å²) in [6.07, 6.45) is 8.27. The predicted molar refractivity (Wildman–Crippen MR) is 177 cm³/mol. The van der Waals surface area contributed by atoms with Crippen LogP contribution in [0.25, 0.3) is 11.1 Å². The van der Waals surface area contributed by atoms with E-state index in [2.05, 4.69) is 36.0 Å². The van der Waals surface area contributed by atoms with E-state index in [4.69, 9.17) is 4.74 Å². The van der Waals surface area contributed by atoms with Gasteiger partial charge in [0.25, 0.3) is 0 Å². The number of amides is 1. The van der Waals surface area contributed by atoms with Crippen molar-refractivity contribution in [2.75, 3.05) is 38.5 Å². The molecular formula is C37H51N3O3. The van der Waals surface area contributed by atoms with Gasteiger partial charge in [-0.2, -0.15) is 0 Å². The molecule has 3 aromatic carbocycles. The number of aliphatic hydroxyl groups is 1. The standard InChI is InChI=1S/C37H51N3O3/c1-30(35(41)32-20-12-9-13-21-32)39(3)26-16-6-4-5-7-17-27-40-28-24-37(2,25-29-40)43-36(42)38-34-23-15-14-22-33(34)31-18-10-8-11-19-31/h8-15,18-23,30,35,41H,4-7,16-17,24-29H2,1-3H3,(H,38,42)/t30-,35+/m0/s1. The molecule has 0 radical (unpaired) electrons. The van der Waals surface area contributed by atoms with Gasteiger partial charge in [-0.3, -0.25) is 5.32 Å². The Kier molecular flexibility index (Phi) is 12.6. The van der Waals surface area contributed by atoms with E-state index in [0.29, 0.717) is 0 Å². The van der Waals surface area contributed by atoms with Crippen molar-refractivity contribution in [1.29, 1.82) is 0 Å². The third kappa shape index (κ3) is 10.2. The van der Waals surface area contributed by atoms with E-state index >= 15 is 0 Å². The first kappa shape index (κ1) is 32.7. The molecule has 1 aliphatic rings. The summed E-state index contributed by atoms with van der Waals surface area (Å²) in [4.78, 5) is 17.7. The monoisotopic (exact) mass is 585 g/mol. The summed E-state index contributed by atoms with van der Waals surface area (Å²) in [7, 11) is 2.11. The number of aliphatic hydroxyl groups excluding tert-OH is 1. The molecule has 1 aliphatic heterocycles. The number of likely N-dealkylation sites (tertiary alicyclic amines) is 1. The van der Waals surface area contributed by atoms with Gasteiger partial charge in [-0.05, 0) is 76.9 Å². The fourth-order valence-corrected chi connectivity index (χ4v) is 5.95. The van der Waals surface area contributed by atoms with Gasteiger partial charge in [-0.1, -0.05) is 105 Å². The van der Waals surface area contributed by atoms with Crippen molar-refractivity contribution < 1.29 is 14.6 Å². The van der Waals surface area contributed by atoms with E-state index < -0.39 is 11.7 Å². The predicted octanol–water partition coefficient (Wildman–Crippen LogP) is 8.15. The lowest BCUT2D eigenvalue weighted by molar-refractivity contribution is -0.0163. The lowest BCUT2D eigenvalue weighted by Gasteiger charge is -2.38. The molecule has 0 spiro atoms. The van der Waals surface area contributed by atoms with Gasteiger partial charge >= 0.3 is 6.09 Å². The van der Waals surface area contributed by atoms with Crippen molar-refractivity contribution in [3.05, 3.63) is 90.5 Å². The maximum atomic E-state index is 12.9. The van der Waals surface area contributed by atoms with Crippen LogP contribution in [0.15, 0.2) is 84.9 Å². The van der Waals surface area contributed by atoms with Crippen molar-refractivity contribution in [2.24, 2.45) is 0 Å². The summed E-state index contributed by atoms with van der Waals surface area (Å²) >= 11 is 0. The van der Waals surface area contributed by atoms with Gasteiger partial charge in [0, 0.05) is 24.7 Å². The second-order valence-electron chi connectivity index (χ2n) is 12.4. The maximum Gasteiger partial charge on any atom is 0.412 e. The van der Waals surface area contributed by atoms with Crippen LogP contribution in [0.1, 0.15) is 76.9 Å². The van der Waals surface area contributed by atoms with Crippen molar-refractivity contribution in [3.8, 4) is 11.1 Å². The molecule has 6 nitrogen and oxygen atoms in total. The molecule has 4 rings (SSSR count). The summed E-state index contributed by atoms with van der Waals surface area (Å²) in [6, 6.07) is 28.0. The highest BCUT2D eigenvalue weighted by Gasteiger charge is 2.33. The molecule has 2 atom stereocenters. The minimum Gasteiger partial charge on any atom is -0.443 e. The van der Waals surface area contributed by atoms with Gasteiger partial charge < -0.3 is 19.6 Å². The molecule has 0 unspecified atom stereocenters. The molecule has 2 N–H and O–H groups in total. The number of carbonyl (C=O) groups excluding carboxylic acids is 1. The van der Waals surface area contributed by atoms with Crippen LogP contribution >= 0.6 is 0 Å². The number of benzene rings is 3. The Hall–Kier alpha value is -3.19. The second kappa shape index (κ2) is 16.6. The number of nitrogens with zero attached hydrogens (tertiary/aromatic N) is 2. The number of unbranched alkanes of at least 4 members (excludes halogenated alkanes) is 5. The van der Waals surface area contributed by atoms with Crippen molar-refractivity contribution in [2.45, 2.75) is 83.0 Å². The van der Waals surface area contributed by atoms with Crippen LogP contribution in [0.2, 0.25) is 0 Å². The Bertz CT molecular complexity index is 1230. The average molecular weight is 586 g/mol. The van der Waals surface area contributed by atoms with Gasteiger partial charge in [0.15, 0.2) is 0 Å². The maximum absolute atomic E-state index is 12.9.